The van der Waals surface area contributed by atoms with Gasteiger partial charge >= 0.3 is 0 Å². The average molecular weight is 396 g/mol. The lowest BCUT2D eigenvalue weighted by molar-refractivity contribution is 0.0548. The number of nitrogens with one attached hydrogen (secondary N) is 1. The lowest BCUT2D eigenvalue weighted by atomic mass is 9.94. The summed E-state index contributed by atoms with van der Waals surface area (Å²) in [4.78, 5) is 42.5. The van der Waals surface area contributed by atoms with Crippen molar-refractivity contribution in [1.82, 2.24) is 15.1 Å². The van der Waals surface area contributed by atoms with Crippen molar-refractivity contribution >= 4 is 17.7 Å². The Hall–Kier alpha value is -2.21. The number of hydrogen-bond acceptors (Lipinski definition) is 4. The van der Waals surface area contributed by atoms with Crippen LogP contribution in [0.4, 0.5) is 0 Å². The number of benzene rings is 1. The highest BCUT2D eigenvalue weighted by atomic mass is 16.2. The fourth-order valence-electron chi connectivity index (χ4n) is 5.42. The molecule has 6 nitrogen and oxygen atoms in total. The summed E-state index contributed by atoms with van der Waals surface area (Å²) in [6.45, 7) is 3.12. The zero-order chi connectivity index (χ0) is 20.1. The molecule has 3 amide bonds. The number of likely N-dealkylation sites (tertiary alicyclic amines) is 1. The Morgan fingerprint density at radius 3 is 2.41 bits per heavy atom. The first-order valence-corrected chi connectivity index (χ1v) is 11.1. The number of hydrogen-bond donors (Lipinski definition) is 1. The number of fused-ring (bicyclic) bond motifs is 1. The van der Waals surface area contributed by atoms with Crippen LogP contribution in [0.15, 0.2) is 18.2 Å². The summed E-state index contributed by atoms with van der Waals surface area (Å²) >= 11 is 0. The summed E-state index contributed by atoms with van der Waals surface area (Å²) in [5.41, 5.74) is 1.28. The standard InChI is InChI=1S/C23H29N3O3/c1-14-11-16(13-25(14)17-8-9-17)24-21(27)15-7-10-19-20(12-15)23(29)26(22(19)28)18-5-3-2-4-6-18/h7,10,12,14,16-18H,2-6,8-9,11,13H2,1H3,(H,24,27). The van der Waals surface area contributed by atoms with Crippen LogP contribution in [0.25, 0.3) is 0 Å². The fraction of sp³-hybridized carbons (Fsp3) is 0.609. The van der Waals surface area contributed by atoms with E-state index in [1.165, 1.54) is 24.2 Å². The molecule has 1 aromatic carbocycles. The molecule has 3 fully saturated rings. The molecule has 2 unspecified atom stereocenters. The minimum absolute atomic E-state index is 0.00168. The van der Waals surface area contributed by atoms with E-state index < -0.39 is 0 Å². The second kappa shape index (κ2) is 7.24. The molecule has 29 heavy (non-hydrogen) atoms. The quantitative estimate of drug-likeness (QED) is 0.796. The first kappa shape index (κ1) is 18.8. The lowest BCUT2D eigenvalue weighted by Gasteiger charge is -2.29. The predicted molar refractivity (Wildman–Crippen MR) is 109 cm³/mol. The van der Waals surface area contributed by atoms with E-state index in [-0.39, 0.29) is 29.8 Å². The molecule has 0 bridgehead atoms. The molecule has 0 aromatic heterocycles. The number of nitrogens with zero attached hydrogens (tertiary/aromatic N) is 2. The highest BCUT2D eigenvalue weighted by Gasteiger charge is 2.41. The third-order valence-electron chi connectivity index (χ3n) is 7.09. The fourth-order valence-corrected chi connectivity index (χ4v) is 5.42. The Morgan fingerprint density at radius 1 is 0.966 bits per heavy atom. The molecule has 2 aliphatic carbocycles. The zero-order valence-corrected chi connectivity index (χ0v) is 17.0. The predicted octanol–water partition coefficient (Wildman–Crippen LogP) is 2.97. The molecule has 0 spiro atoms. The highest BCUT2D eigenvalue weighted by molar-refractivity contribution is 6.22. The summed E-state index contributed by atoms with van der Waals surface area (Å²) in [7, 11) is 0. The molecule has 5 rings (SSSR count). The normalized spacial score (nSPS) is 28.1. The van der Waals surface area contributed by atoms with Crippen LogP contribution in [0.3, 0.4) is 0 Å². The van der Waals surface area contributed by atoms with Crippen LogP contribution in [0.1, 0.15) is 89.4 Å². The van der Waals surface area contributed by atoms with Gasteiger partial charge in [-0.2, -0.15) is 0 Å². The van der Waals surface area contributed by atoms with Gasteiger partial charge in [-0.05, 0) is 57.2 Å². The van der Waals surface area contributed by atoms with Crippen molar-refractivity contribution in [3.63, 3.8) is 0 Å². The summed E-state index contributed by atoms with van der Waals surface area (Å²) in [5.74, 6) is -0.589. The maximum Gasteiger partial charge on any atom is 0.261 e. The zero-order valence-electron chi connectivity index (χ0n) is 17.0. The Kier molecular flexibility index (Phi) is 4.69. The second-order valence-electron chi connectivity index (χ2n) is 9.22. The van der Waals surface area contributed by atoms with Gasteiger partial charge in [0.15, 0.2) is 0 Å². The maximum absolute atomic E-state index is 13.0. The van der Waals surface area contributed by atoms with Crippen molar-refractivity contribution in [3.8, 4) is 0 Å². The van der Waals surface area contributed by atoms with Gasteiger partial charge in [-0.1, -0.05) is 19.3 Å². The molecule has 0 radical (unpaired) electrons. The van der Waals surface area contributed by atoms with Crippen molar-refractivity contribution in [1.29, 1.82) is 0 Å². The Balaban J connectivity index is 1.30. The van der Waals surface area contributed by atoms with E-state index in [0.717, 1.165) is 38.6 Å². The number of amides is 3. The van der Waals surface area contributed by atoms with Crippen LogP contribution in [0.2, 0.25) is 0 Å². The van der Waals surface area contributed by atoms with Gasteiger partial charge in [0.1, 0.15) is 0 Å². The summed E-state index contributed by atoms with van der Waals surface area (Å²) in [6, 6.07) is 6.29. The molecule has 154 valence electrons. The van der Waals surface area contributed by atoms with Crippen molar-refractivity contribution < 1.29 is 14.4 Å². The minimum Gasteiger partial charge on any atom is -0.348 e. The van der Waals surface area contributed by atoms with Gasteiger partial charge in [-0.3, -0.25) is 24.2 Å². The van der Waals surface area contributed by atoms with Gasteiger partial charge in [0.2, 0.25) is 0 Å². The molecule has 2 saturated carbocycles. The van der Waals surface area contributed by atoms with Gasteiger partial charge in [0.05, 0.1) is 11.1 Å². The van der Waals surface area contributed by atoms with Crippen LogP contribution in [-0.2, 0) is 0 Å². The van der Waals surface area contributed by atoms with Gasteiger partial charge < -0.3 is 5.32 Å². The van der Waals surface area contributed by atoms with E-state index in [0.29, 0.717) is 28.8 Å². The third-order valence-corrected chi connectivity index (χ3v) is 7.09. The van der Waals surface area contributed by atoms with E-state index in [1.54, 1.807) is 18.2 Å². The molecular weight excluding hydrogens is 366 g/mol. The first-order valence-electron chi connectivity index (χ1n) is 11.1. The molecule has 1 N–H and O–H groups in total. The largest absolute Gasteiger partial charge is 0.348 e. The minimum atomic E-state index is -0.235. The van der Waals surface area contributed by atoms with Gasteiger partial charge in [0.25, 0.3) is 17.7 Å². The third kappa shape index (κ3) is 3.37. The molecule has 6 heteroatoms. The van der Waals surface area contributed by atoms with Gasteiger partial charge in [-0.25, -0.2) is 0 Å². The van der Waals surface area contributed by atoms with Gasteiger partial charge in [-0.15, -0.1) is 0 Å². The van der Waals surface area contributed by atoms with Gasteiger partial charge in [0, 0.05) is 36.3 Å². The molecular formula is C23H29N3O3. The number of carbonyl (C=O) groups is 3. The van der Waals surface area contributed by atoms with Crippen molar-refractivity contribution in [2.24, 2.45) is 0 Å². The van der Waals surface area contributed by atoms with E-state index in [2.05, 4.69) is 17.1 Å². The molecule has 2 heterocycles. The summed E-state index contributed by atoms with van der Waals surface area (Å²) in [5, 5.41) is 3.14. The number of imide groups is 1. The summed E-state index contributed by atoms with van der Waals surface area (Å²) in [6.07, 6.45) is 8.55. The molecule has 1 aromatic rings. The van der Waals surface area contributed by atoms with E-state index in [4.69, 9.17) is 0 Å². The molecule has 2 aliphatic heterocycles. The van der Waals surface area contributed by atoms with E-state index in [1.807, 2.05) is 0 Å². The number of rotatable bonds is 4. The smallest absolute Gasteiger partial charge is 0.261 e. The van der Waals surface area contributed by atoms with Crippen LogP contribution in [-0.4, -0.2) is 58.2 Å². The van der Waals surface area contributed by atoms with Crippen molar-refractivity contribution in [3.05, 3.63) is 34.9 Å². The second-order valence-corrected chi connectivity index (χ2v) is 9.22. The highest BCUT2D eigenvalue weighted by Crippen LogP contribution is 2.34. The molecule has 1 saturated heterocycles. The van der Waals surface area contributed by atoms with Crippen molar-refractivity contribution in [2.75, 3.05) is 6.54 Å². The Morgan fingerprint density at radius 2 is 1.69 bits per heavy atom. The topological polar surface area (TPSA) is 69.7 Å². The molecule has 4 aliphatic rings. The molecule has 2 atom stereocenters. The van der Waals surface area contributed by atoms with Crippen LogP contribution < -0.4 is 5.32 Å². The SMILES string of the molecule is CC1CC(NC(=O)c2ccc3c(c2)C(=O)N(C2CCCCC2)C3=O)CN1C1CC1. The maximum atomic E-state index is 13.0. The van der Waals surface area contributed by atoms with Crippen molar-refractivity contribution in [2.45, 2.75) is 82.5 Å². The average Bonchev–Trinajstić information content (AvgIpc) is 3.46. The Bertz CT molecular complexity index is 857. The Labute approximate surface area is 171 Å². The summed E-state index contributed by atoms with van der Waals surface area (Å²) < 4.78 is 0. The van der Waals surface area contributed by atoms with Crippen LogP contribution in [0.5, 0.6) is 0 Å². The lowest BCUT2D eigenvalue weighted by Crippen LogP contribution is -2.40. The van der Waals surface area contributed by atoms with Crippen LogP contribution >= 0.6 is 0 Å². The number of carbonyl (C=O) groups excluding carboxylic acids is 3. The van der Waals surface area contributed by atoms with Crippen LogP contribution in [0, 0.1) is 0 Å². The van der Waals surface area contributed by atoms with E-state index in [9.17, 15) is 14.4 Å². The first-order chi connectivity index (χ1) is 14.0. The monoisotopic (exact) mass is 395 g/mol. The van der Waals surface area contributed by atoms with E-state index >= 15 is 0 Å².